The Kier molecular flexibility index (Phi) is 3.50. The van der Waals surface area contributed by atoms with E-state index in [0.717, 1.165) is 24.4 Å². The largest absolute Gasteiger partial charge is 0.393 e. The van der Waals surface area contributed by atoms with Crippen molar-refractivity contribution in [3.8, 4) is 0 Å². The Hall–Kier alpha value is -0.550. The first-order valence-electron chi connectivity index (χ1n) is 6.18. The van der Waals surface area contributed by atoms with E-state index in [-0.39, 0.29) is 24.0 Å². The molecule has 0 unspecified atom stereocenters. The highest BCUT2D eigenvalue weighted by molar-refractivity contribution is 8.16. The number of amidine groups is 1. The zero-order chi connectivity index (χ0) is 12.6. The summed E-state index contributed by atoms with van der Waals surface area (Å²) >= 11 is 1.52. The molecule has 17 heavy (non-hydrogen) atoms. The maximum Gasteiger partial charge on any atom is 0.242 e. The van der Waals surface area contributed by atoms with Gasteiger partial charge < -0.3 is 10.4 Å². The van der Waals surface area contributed by atoms with Crippen molar-refractivity contribution >= 4 is 22.8 Å². The second-order valence-corrected chi connectivity index (χ2v) is 6.81. The molecule has 2 rings (SSSR count). The van der Waals surface area contributed by atoms with Gasteiger partial charge in [0.15, 0.2) is 5.17 Å². The third-order valence-electron chi connectivity index (χ3n) is 3.76. The summed E-state index contributed by atoms with van der Waals surface area (Å²) in [5.74, 6) is 0.323. The second kappa shape index (κ2) is 4.61. The van der Waals surface area contributed by atoms with Crippen LogP contribution in [0.1, 0.15) is 40.0 Å². The zero-order valence-electron chi connectivity index (χ0n) is 10.6. The third-order valence-corrected chi connectivity index (χ3v) is 5.24. The van der Waals surface area contributed by atoms with Gasteiger partial charge in [-0.2, -0.15) is 0 Å². The van der Waals surface area contributed by atoms with Gasteiger partial charge in [0.2, 0.25) is 5.91 Å². The first-order chi connectivity index (χ1) is 7.91. The summed E-state index contributed by atoms with van der Waals surface area (Å²) in [7, 11) is 0. The Bertz CT molecular complexity index is 356. The van der Waals surface area contributed by atoms with Gasteiger partial charge in [-0.3, -0.25) is 9.79 Å². The van der Waals surface area contributed by atoms with Crippen LogP contribution in [0.2, 0.25) is 0 Å². The van der Waals surface area contributed by atoms with Gasteiger partial charge in [-0.25, -0.2) is 0 Å². The van der Waals surface area contributed by atoms with E-state index in [2.05, 4.69) is 24.2 Å². The van der Waals surface area contributed by atoms with Crippen LogP contribution in [0.3, 0.4) is 0 Å². The van der Waals surface area contributed by atoms with E-state index >= 15 is 0 Å². The quantitative estimate of drug-likeness (QED) is 0.787. The summed E-state index contributed by atoms with van der Waals surface area (Å²) in [5.41, 5.74) is 0. The van der Waals surface area contributed by atoms with Crippen LogP contribution in [0.4, 0.5) is 0 Å². The van der Waals surface area contributed by atoms with Crippen LogP contribution in [0.15, 0.2) is 4.99 Å². The maximum absolute atomic E-state index is 11.9. The fraction of sp³-hybridized carbons (Fsp3) is 0.833. The molecule has 1 heterocycles. The van der Waals surface area contributed by atoms with E-state index in [0.29, 0.717) is 0 Å². The summed E-state index contributed by atoms with van der Waals surface area (Å²) in [6.07, 6.45) is 2.24. The summed E-state index contributed by atoms with van der Waals surface area (Å²) in [5, 5.41) is 13.0. The molecule has 2 aliphatic rings. The average molecular weight is 256 g/mol. The normalized spacial score (nSPS) is 40.3. The van der Waals surface area contributed by atoms with Gasteiger partial charge in [0.25, 0.3) is 0 Å². The van der Waals surface area contributed by atoms with Crippen LogP contribution in [0, 0.1) is 5.92 Å². The van der Waals surface area contributed by atoms with Crippen molar-refractivity contribution in [2.45, 2.75) is 56.9 Å². The molecule has 96 valence electrons. The molecule has 4 nitrogen and oxygen atoms in total. The number of carbonyl (C=O) groups is 1. The summed E-state index contributed by atoms with van der Waals surface area (Å²) in [6.45, 7) is 6.06. The molecule has 3 atom stereocenters. The Labute approximate surface area is 106 Å². The van der Waals surface area contributed by atoms with Crippen molar-refractivity contribution in [3.63, 3.8) is 0 Å². The lowest BCUT2D eigenvalue weighted by molar-refractivity contribution is -0.122. The Morgan fingerprint density at radius 1 is 1.53 bits per heavy atom. The SMILES string of the molecule is CC(C)[C@]1(C)SC(=N[C@H]2CC[C@H](O)C2)NC1=O. The van der Waals surface area contributed by atoms with Crippen molar-refractivity contribution in [2.75, 3.05) is 0 Å². The molecule has 2 N–H and O–H groups in total. The first-order valence-corrected chi connectivity index (χ1v) is 7.00. The predicted octanol–water partition coefficient (Wildman–Crippen LogP) is 1.53. The number of aliphatic hydroxyl groups is 1. The van der Waals surface area contributed by atoms with Gasteiger partial charge in [0.1, 0.15) is 4.75 Å². The number of rotatable bonds is 2. The molecule has 0 aromatic rings. The molecule has 1 amide bonds. The number of nitrogens with zero attached hydrogens (tertiary/aromatic N) is 1. The van der Waals surface area contributed by atoms with Gasteiger partial charge in [0, 0.05) is 0 Å². The highest BCUT2D eigenvalue weighted by Gasteiger charge is 2.45. The summed E-state index contributed by atoms with van der Waals surface area (Å²) < 4.78 is -0.407. The van der Waals surface area contributed by atoms with Gasteiger partial charge in [0.05, 0.1) is 12.1 Å². The van der Waals surface area contributed by atoms with Crippen molar-refractivity contribution in [1.29, 1.82) is 0 Å². The zero-order valence-corrected chi connectivity index (χ0v) is 11.4. The van der Waals surface area contributed by atoms with Gasteiger partial charge in [-0.05, 0) is 32.1 Å². The smallest absolute Gasteiger partial charge is 0.242 e. The molecule has 0 aromatic carbocycles. The van der Waals surface area contributed by atoms with Crippen molar-refractivity contribution < 1.29 is 9.90 Å². The molecule has 2 fully saturated rings. The van der Waals surface area contributed by atoms with Crippen LogP contribution < -0.4 is 5.32 Å². The molecule has 1 aliphatic heterocycles. The minimum atomic E-state index is -0.407. The predicted molar refractivity (Wildman–Crippen MR) is 70.1 cm³/mol. The van der Waals surface area contributed by atoms with Crippen molar-refractivity contribution in [2.24, 2.45) is 10.9 Å². The lowest BCUT2D eigenvalue weighted by atomic mass is 9.96. The number of aliphatic hydroxyl groups excluding tert-OH is 1. The lowest BCUT2D eigenvalue weighted by Gasteiger charge is -2.22. The van der Waals surface area contributed by atoms with Crippen molar-refractivity contribution in [3.05, 3.63) is 0 Å². The molecule has 0 aromatic heterocycles. The maximum atomic E-state index is 11.9. The number of hydrogen-bond donors (Lipinski definition) is 2. The van der Waals surface area contributed by atoms with E-state index in [9.17, 15) is 9.90 Å². The molecule has 0 radical (unpaired) electrons. The summed E-state index contributed by atoms with van der Waals surface area (Å²) in [4.78, 5) is 16.5. The Morgan fingerprint density at radius 3 is 2.71 bits per heavy atom. The minimum Gasteiger partial charge on any atom is -0.393 e. The fourth-order valence-corrected chi connectivity index (χ4v) is 3.28. The summed E-state index contributed by atoms with van der Waals surface area (Å²) in [6, 6.07) is 0.169. The monoisotopic (exact) mass is 256 g/mol. The molecule has 1 aliphatic carbocycles. The number of amides is 1. The molecule has 5 heteroatoms. The van der Waals surface area contributed by atoms with Crippen LogP contribution in [-0.4, -0.2) is 33.1 Å². The number of hydrogen-bond acceptors (Lipinski definition) is 4. The van der Waals surface area contributed by atoms with Gasteiger partial charge in [-0.1, -0.05) is 25.6 Å². The Morgan fingerprint density at radius 2 is 2.24 bits per heavy atom. The highest BCUT2D eigenvalue weighted by atomic mass is 32.2. The van der Waals surface area contributed by atoms with E-state index in [1.165, 1.54) is 11.8 Å². The number of carbonyl (C=O) groups excluding carboxylic acids is 1. The lowest BCUT2D eigenvalue weighted by Crippen LogP contribution is -2.38. The number of aliphatic imine (C=N–C) groups is 1. The van der Waals surface area contributed by atoms with Crippen molar-refractivity contribution in [1.82, 2.24) is 5.32 Å². The van der Waals surface area contributed by atoms with Crippen LogP contribution in [0.25, 0.3) is 0 Å². The molecule has 0 bridgehead atoms. The van der Waals surface area contributed by atoms with Gasteiger partial charge >= 0.3 is 0 Å². The van der Waals surface area contributed by atoms with Crippen LogP contribution in [-0.2, 0) is 4.79 Å². The molecular formula is C12H20N2O2S. The minimum absolute atomic E-state index is 0.0507. The third kappa shape index (κ3) is 2.50. The number of nitrogens with one attached hydrogen (secondary N) is 1. The first kappa shape index (κ1) is 12.9. The standard InChI is InChI=1S/C12H20N2O2S/c1-7(2)12(3)10(16)14-11(17-12)13-8-4-5-9(15)6-8/h7-9,15H,4-6H2,1-3H3,(H,13,14,16)/t8-,9-,12-/m0/s1. The molecule has 0 spiro atoms. The molecular weight excluding hydrogens is 236 g/mol. The molecule has 1 saturated heterocycles. The van der Waals surface area contributed by atoms with E-state index in [1.54, 1.807) is 0 Å². The highest BCUT2D eigenvalue weighted by Crippen LogP contribution is 2.38. The van der Waals surface area contributed by atoms with E-state index in [1.807, 2.05) is 6.92 Å². The topological polar surface area (TPSA) is 61.7 Å². The van der Waals surface area contributed by atoms with Gasteiger partial charge in [-0.15, -0.1) is 0 Å². The average Bonchev–Trinajstić information content (AvgIpc) is 2.74. The second-order valence-electron chi connectivity index (χ2n) is 5.37. The molecule has 1 saturated carbocycles. The Balaban J connectivity index is 2.06. The van der Waals surface area contributed by atoms with E-state index in [4.69, 9.17) is 0 Å². The van der Waals surface area contributed by atoms with Crippen LogP contribution >= 0.6 is 11.8 Å². The number of thioether (sulfide) groups is 1. The fourth-order valence-electron chi connectivity index (χ4n) is 2.15. The van der Waals surface area contributed by atoms with E-state index < -0.39 is 4.75 Å². The van der Waals surface area contributed by atoms with Crippen LogP contribution in [0.5, 0.6) is 0 Å².